The number of nitrogens with two attached hydrogens (primary N) is 1. The minimum absolute atomic E-state index is 0.138. The first-order valence-electron chi connectivity index (χ1n) is 9.99. The Bertz CT molecular complexity index is 941. The molecule has 0 unspecified atom stereocenters. The van der Waals surface area contributed by atoms with Crippen LogP contribution in [0.25, 0.3) is 10.2 Å². The maximum Gasteiger partial charge on any atom is 0.573 e. The highest BCUT2D eigenvalue weighted by atomic mass is 32.1. The van der Waals surface area contributed by atoms with E-state index in [1.54, 1.807) is 7.05 Å². The fourth-order valence-electron chi connectivity index (χ4n) is 3.83. The Kier molecular flexibility index (Phi) is 7.05. The number of rotatable bonds is 7. The second kappa shape index (κ2) is 9.39. The molecule has 170 valence electrons. The summed E-state index contributed by atoms with van der Waals surface area (Å²) in [6, 6.07) is 3.75. The van der Waals surface area contributed by atoms with E-state index in [2.05, 4.69) is 15.0 Å². The van der Waals surface area contributed by atoms with Gasteiger partial charge in [0.15, 0.2) is 5.13 Å². The third kappa shape index (κ3) is 6.30. The SMILES string of the molecule is CN(CC(=O)Nc1nc2ccc(OC(F)(F)F)cc2s1)C(=O)CC1(CN)CCCCC1. The first-order chi connectivity index (χ1) is 14.6. The summed E-state index contributed by atoms with van der Waals surface area (Å²) in [5.41, 5.74) is 6.18. The second-order valence-corrected chi connectivity index (χ2v) is 8.97. The second-order valence-electron chi connectivity index (χ2n) is 7.94. The van der Waals surface area contributed by atoms with Gasteiger partial charge in [0.1, 0.15) is 5.75 Å². The molecule has 0 bridgehead atoms. The summed E-state index contributed by atoms with van der Waals surface area (Å²) < 4.78 is 41.4. The van der Waals surface area contributed by atoms with Crippen molar-refractivity contribution in [2.75, 3.05) is 25.5 Å². The third-order valence-electron chi connectivity index (χ3n) is 5.52. The number of alkyl halides is 3. The summed E-state index contributed by atoms with van der Waals surface area (Å²) in [7, 11) is 1.56. The first kappa shape index (κ1) is 23.3. The quantitative estimate of drug-likeness (QED) is 0.656. The standard InChI is InChI=1S/C20H25F3N4O3S/c1-27(17(29)10-19(12-24)7-3-2-4-8-19)11-16(28)26-18-25-14-6-5-13(9-15(14)31-18)30-20(21,22)23/h5-6,9H,2-4,7-8,10-12,24H2,1H3,(H,25,26,28). The molecule has 1 aromatic carbocycles. The minimum Gasteiger partial charge on any atom is -0.406 e. The van der Waals surface area contributed by atoms with Gasteiger partial charge in [-0.1, -0.05) is 30.6 Å². The van der Waals surface area contributed by atoms with Crippen LogP contribution in [0, 0.1) is 5.41 Å². The molecule has 7 nitrogen and oxygen atoms in total. The van der Waals surface area contributed by atoms with Crippen LogP contribution in [-0.2, 0) is 9.59 Å². The van der Waals surface area contributed by atoms with Gasteiger partial charge < -0.3 is 20.7 Å². The number of benzene rings is 1. The minimum atomic E-state index is -4.79. The molecule has 0 spiro atoms. The van der Waals surface area contributed by atoms with Gasteiger partial charge in [-0.2, -0.15) is 0 Å². The first-order valence-corrected chi connectivity index (χ1v) is 10.8. The van der Waals surface area contributed by atoms with E-state index in [-0.39, 0.29) is 28.7 Å². The average molecular weight is 459 g/mol. The lowest BCUT2D eigenvalue weighted by Crippen LogP contribution is -2.41. The molecule has 0 atom stereocenters. The highest BCUT2D eigenvalue weighted by Gasteiger charge is 2.34. The molecule has 1 aromatic heterocycles. The summed E-state index contributed by atoms with van der Waals surface area (Å²) in [6.45, 7) is 0.294. The number of aromatic nitrogens is 1. The van der Waals surface area contributed by atoms with Crippen LogP contribution in [0.5, 0.6) is 5.75 Å². The molecule has 1 aliphatic carbocycles. The van der Waals surface area contributed by atoms with Crippen molar-refractivity contribution in [3.8, 4) is 5.75 Å². The van der Waals surface area contributed by atoms with Crippen molar-refractivity contribution in [3.05, 3.63) is 18.2 Å². The Hall–Kier alpha value is -2.40. The predicted molar refractivity (Wildman–Crippen MR) is 112 cm³/mol. The Morgan fingerprint density at radius 2 is 2.00 bits per heavy atom. The average Bonchev–Trinajstić information content (AvgIpc) is 3.08. The van der Waals surface area contributed by atoms with E-state index in [9.17, 15) is 22.8 Å². The molecule has 0 aliphatic heterocycles. The molecule has 11 heteroatoms. The number of ether oxygens (including phenoxy) is 1. The monoisotopic (exact) mass is 458 g/mol. The van der Waals surface area contributed by atoms with E-state index in [0.717, 1.165) is 49.5 Å². The lowest BCUT2D eigenvalue weighted by atomic mass is 9.71. The normalized spacial score (nSPS) is 16.2. The smallest absolute Gasteiger partial charge is 0.406 e. The number of hydrogen-bond acceptors (Lipinski definition) is 6. The summed E-state index contributed by atoms with van der Waals surface area (Å²) in [5.74, 6) is -0.934. The van der Waals surface area contributed by atoms with Gasteiger partial charge in [-0.3, -0.25) is 9.59 Å². The molecule has 0 saturated heterocycles. The summed E-state index contributed by atoms with van der Waals surface area (Å²) >= 11 is 1.02. The Morgan fingerprint density at radius 1 is 1.29 bits per heavy atom. The number of nitrogens with one attached hydrogen (secondary N) is 1. The van der Waals surface area contributed by atoms with Gasteiger partial charge in [0, 0.05) is 19.5 Å². The molecule has 1 saturated carbocycles. The number of nitrogens with zero attached hydrogens (tertiary/aromatic N) is 2. The highest BCUT2D eigenvalue weighted by Crippen LogP contribution is 2.38. The summed E-state index contributed by atoms with van der Waals surface area (Å²) in [4.78, 5) is 30.5. The molecule has 1 aliphatic rings. The molecule has 0 radical (unpaired) electrons. The molecule has 31 heavy (non-hydrogen) atoms. The van der Waals surface area contributed by atoms with Crippen LogP contribution < -0.4 is 15.8 Å². The lowest BCUT2D eigenvalue weighted by molar-refractivity contribution is -0.274. The van der Waals surface area contributed by atoms with Crippen LogP contribution in [0.4, 0.5) is 18.3 Å². The zero-order valence-electron chi connectivity index (χ0n) is 17.1. The fourth-order valence-corrected chi connectivity index (χ4v) is 4.74. The largest absolute Gasteiger partial charge is 0.573 e. The van der Waals surface area contributed by atoms with Gasteiger partial charge in [0.25, 0.3) is 0 Å². The van der Waals surface area contributed by atoms with Crippen molar-refractivity contribution in [1.82, 2.24) is 9.88 Å². The third-order valence-corrected chi connectivity index (χ3v) is 6.45. The molecule has 2 amide bonds. The van der Waals surface area contributed by atoms with Crippen molar-refractivity contribution < 1.29 is 27.5 Å². The fraction of sp³-hybridized carbons (Fsp3) is 0.550. The van der Waals surface area contributed by atoms with Crippen LogP contribution in [0.2, 0.25) is 0 Å². The predicted octanol–water partition coefficient (Wildman–Crippen LogP) is 3.89. The van der Waals surface area contributed by atoms with Crippen molar-refractivity contribution in [1.29, 1.82) is 0 Å². The molecular weight excluding hydrogens is 433 g/mol. The van der Waals surface area contributed by atoms with Gasteiger partial charge in [0.05, 0.1) is 16.8 Å². The van der Waals surface area contributed by atoms with Crippen molar-refractivity contribution >= 4 is 38.5 Å². The highest BCUT2D eigenvalue weighted by molar-refractivity contribution is 7.22. The van der Waals surface area contributed by atoms with Crippen LogP contribution in [0.15, 0.2) is 18.2 Å². The number of carbonyl (C=O) groups is 2. The van der Waals surface area contributed by atoms with Gasteiger partial charge in [0.2, 0.25) is 11.8 Å². The van der Waals surface area contributed by atoms with Crippen LogP contribution in [0.1, 0.15) is 38.5 Å². The van der Waals surface area contributed by atoms with Crippen LogP contribution >= 0.6 is 11.3 Å². The maximum absolute atomic E-state index is 12.6. The van der Waals surface area contributed by atoms with Crippen molar-refractivity contribution in [3.63, 3.8) is 0 Å². The van der Waals surface area contributed by atoms with Crippen LogP contribution in [-0.4, -0.2) is 48.2 Å². The Balaban J connectivity index is 1.58. The van der Waals surface area contributed by atoms with Crippen molar-refractivity contribution in [2.24, 2.45) is 11.1 Å². The summed E-state index contributed by atoms with van der Waals surface area (Å²) in [6.07, 6.45) is 0.634. The van der Waals surface area contributed by atoms with Crippen LogP contribution in [0.3, 0.4) is 0 Å². The van der Waals surface area contributed by atoms with Gasteiger partial charge in [-0.15, -0.1) is 13.2 Å². The molecular formula is C20H25F3N4O3S. The van der Waals surface area contributed by atoms with E-state index in [0.29, 0.717) is 23.2 Å². The van der Waals surface area contributed by atoms with E-state index in [4.69, 9.17) is 5.73 Å². The number of anilines is 1. The zero-order valence-corrected chi connectivity index (χ0v) is 17.9. The topological polar surface area (TPSA) is 97.5 Å². The maximum atomic E-state index is 12.6. The Labute approximate surface area is 181 Å². The molecule has 1 fully saturated rings. The zero-order chi connectivity index (χ0) is 22.6. The molecule has 3 rings (SSSR count). The molecule has 2 aromatic rings. The van der Waals surface area contributed by atoms with E-state index < -0.39 is 12.3 Å². The number of likely N-dealkylation sites (N-methyl/N-ethyl adjacent to an activating group) is 1. The number of hydrogen-bond donors (Lipinski definition) is 2. The van der Waals surface area contributed by atoms with Gasteiger partial charge in [-0.05, 0) is 36.9 Å². The van der Waals surface area contributed by atoms with Crippen molar-refractivity contribution in [2.45, 2.75) is 44.9 Å². The van der Waals surface area contributed by atoms with E-state index in [1.165, 1.54) is 17.0 Å². The van der Waals surface area contributed by atoms with Gasteiger partial charge >= 0.3 is 6.36 Å². The number of halogens is 3. The lowest BCUT2D eigenvalue weighted by Gasteiger charge is -2.36. The van der Waals surface area contributed by atoms with E-state index in [1.807, 2.05) is 0 Å². The number of thiazole rings is 1. The van der Waals surface area contributed by atoms with E-state index >= 15 is 0 Å². The molecule has 1 heterocycles. The number of fused-ring (bicyclic) bond motifs is 1. The molecule has 3 N–H and O–H groups in total. The Morgan fingerprint density at radius 3 is 2.65 bits per heavy atom. The number of amides is 2. The number of carbonyl (C=O) groups excluding carboxylic acids is 2. The van der Waals surface area contributed by atoms with Gasteiger partial charge in [-0.25, -0.2) is 4.98 Å². The summed E-state index contributed by atoms with van der Waals surface area (Å²) in [5, 5.41) is 2.83.